The van der Waals surface area contributed by atoms with Gasteiger partial charge in [0, 0.05) is 24.8 Å². The Morgan fingerprint density at radius 3 is 2.96 bits per heavy atom. The molecule has 1 aromatic rings. The van der Waals surface area contributed by atoms with Crippen molar-refractivity contribution in [1.29, 1.82) is 1.43 Å². The molecule has 2 heterocycles. The number of aryl methyl sites for hydroxylation is 1. The van der Waals surface area contributed by atoms with Crippen LogP contribution in [0.15, 0.2) is 15.8 Å². The second kappa shape index (κ2) is 6.95. The minimum Gasteiger partial charge on any atom is -0.396 e. The number of aliphatic hydroxyl groups excluding tert-OH is 1. The SMILES string of the molecule is [3H]OCCC[C@H]1O[C@@H](n2cc(C)c(=O)[nH]c2=O)CC1OS(C)(=O)=O. The Balaban J connectivity index is 2.22. The summed E-state index contributed by atoms with van der Waals surface area (Å²) < 4.78 is 41.6. The number of aromatic nitrogens is 2. The Labute approximate surface area is 134 Å². The third-order valence-corrected chi connectivity index (χ3v) is 4.16. The van der Waals surface area contributed by atoms with E-state index in [1.807, 2.05) is 0 Å². The molecule has 130 valence electrons. The van der Waals surface area contributed by atoms with Gasteiger partial charge in [0.1, 0.15) is 12.3 Å². The van der Waals surface area contributed by atoms with Crippen molar-refractivity contribution in [3.05, 3.63) is 32.6 Å². The molecular weight excluding hydrogens is 328 g/mol. The molecule has 0 spiro atoms. The minimum absolute atomic E-state index is 0.144. The maximum atomic E-state index is 12.0. The smallest absolute Gasteiger partial charge is 0.330 e. The number of rotatable bonds is 7. The van der Waals surface area contributed by atoms with Crippen LogP contribution in [0.4, 0.5) is 0 Å². The zero-order valence-electron chi connectivity index (χ0n) is 13.9. The first-order valence-electron chi connectivity index (χ1n) is 7.56. The zero-order valence-corrected chi connectivity index (χ0v) is 13.7. The first-order valence-corrected chi connectivity index (χ1v) is 8.97. The number of aliphatic hydroxyl groups is 1. The number of hydrogen-bond acceptors (Lipinski definition) is 7. The summed E-state index contributed by atoms with van der Waals surface area (Å²) in [6.45, 7) is 1.73. The second-order valence-corrected chi connectivity index (χ2v) is 7.13. The molecule has 0 saturated carbocycles. The van der Waals surface area contributed by atoms with Crippen molar-refractivity contribution >= 4 is 10.1 Å². The van der Waals surface area contributed by atoms with Crippen LogP contribution in [0.25, 0.3) is 0 Å². The van der Waals surface area contributed by atoms with Crippen LogP contribution in [0.1, 0.15) is 31.1 Å². The topological polar surface area (TPSA) is 128 Å². The van der Waals surface area contributed by atoms with Gasteiger partial charge in [-0.2, -0.15) is 8.42 Å². The van der Waals surface area contributed by atoms with Crippen LogP contribution >= 0.6 is 0 Å². The van der Waals surface area contributed by atoms with Crippen molar-refractivity contribution in [2.24, 2.45) is 0 Å². The largest absolute Gasteiger partial charge is 0.396 e. The Kier molecular flexibility index (Phi) is 4.95. The Morgan fingerprint density at radius 2 is 2.30 bits per heavy atom. The molecule has 2 N–H and O–H groups in total. The number of hydrogen-bond donors (Lipinski definition) is 2. The predicted octanol–water partition coefficient (Wildman–Crippen LogP) is -0.750. The van der Waals surface area contributed by atoms with Gasteiger partial charge in [0.2, 0.25) is 1.43 Å². The van der Waals surface area contributed by atoms with Gasteiger partial charge in [0.05, 0.1) is 12.4 Å². The van der Waals surface area contributed by atoms with Crippen LogP contribution in [0.3, 0.4) is 0 Å². The lowest BCUT2D eigenvalue weighted by Gasteiger charge is -2.17. The van der Waals surface area contributed by atoms with Gasteiger partial charge in [-0.05, 0) is 19.8 Å². The third kappa shape index (κ3) is 4.50. The normalized spacial score (nSPS) is 25.5. The molecule has 1 saturated heterocycles. The Morgan fingerprint density at radius 1 is 1.57 bits per heavy atom. The van der Waals surface area contributed by atoms with Gasteiger partial charge in [0.15, 0.2) is 0 Å². The summed E-state index contributed by atoms with van der Waals surface area (Å²) in [6.07, 6.45) is 1.27. The van der Waals surface area contributed by atoms with E-state index in [0.717, 1.165) is 6.26 Å². The van der Waals surface area contributed by atoms with E-state index < -0.39 is 39.8 Å². The summed E-state index contributed by atoms with van der Waals surface area (Å²) in [7, 11) is -3.70. The number of H-pyrrole nitrogens is 1. The van der Waals surface area contributed by atoms with Crippen molar-refractivity contribution in [2.75, 3.05) is 12.9 Å². The average Bonchev–Trinajstić information content (AvgIpc) is 2.84. The summed E-state index contributed by atoms with van der Waals surface area (Å²) in [6, 6.07) is 0. The van der Waals surface area contributed by atoms with Gasteiger partial charge in [0.25, 0.3) is 15.7 Å². The van der Waals surface area contributed by atoms with Crippen LogP contribution in [0, 0.1) is 6.92 Å². The van der Waals surface area contributed by atoms with E-state index in [0.29, 0.717) is 18.4 Å². The van der Waals surface area contributed by atoms with Crippen LogP contribution < -0.4 is 11.2 Å². The molecule has 0 aliphatic carbocycles. The van der Waals surface area contributed by atoms with Crippen LogP contribution in [0.5, 0.6) is 0 Å². The average molecular weight is 350 g/mol. The molecule has 2 rings (SSSR count). The highest BCUT2D eigenvalue weighted by Gasteiger charge is 2.39. The maximum Gasteiger partial charge on any atom is 0.330 e. The lowest BCUT2D eigenvalue weighted by Crippen LogP contribution is -2.33. The lowest BCUT2D eigenvalue weighted by molar-refractivity contribution is -0.0221. The molecule has 1 aliphatic heterocycles. The highest BCUT2D eigenvalue weighted by molar-refractivity contribution is 7.86. The van der Waals surface area contributed by atoms with Gasteiger partial charge in [-0.3, -0.25) is 18.5 Å². The van der Waals surface area contributed by atoms with Crippen LogP contribution in [-0.2, 0) is 19.0 Å². The molecule has 23 heavy (non-hydrogen) atoms. The molecule has 1 aliphatic rings. The summed E-state index contributed by atoms with van der Waals surface area (Å²) in [5.41, 5.74) is -0.781. The molecule has 0 amide bonds. The number of ether oxygens (including phenoxy) is 1. The van der Waals surface area contributed by atoms with Gasteiger partial charge >= 0.3 is 5.69 Å². The van der Waals surface area contributed by atoms with E-state index in [1.165, 1.54) is 10.8 Å². The fourth-order valence-electron chi connectivity index (χ4n) is 2.54. The molecule has 3 atom stereocenters. The molecule has 1 unspecified atom stereocenters. The van der Waals surface area contributed by atoms with E-state index in [9.17, 15) is 18.0 Å². The highest BCUT2D eigenvalue weighted by Crippen LogP contribution is 2.32. The van der Waals surface area contributed by atoms with E-state index >= 15 is 0 Å². The maximum absolute atomic E-state index is 12.0. The summed E-state index contributed by atoms with van der Waals surface area (Å²) in [5, 5.41) is 4.24. The molecule has 0 aromatic carbocycles. The van der Waals surface area contributed by atoms with Crippen molar-refractivity contribution < 1.29 is 22.4 Å². The molecule has 1 fully saturated rings. The molecular formula is C13H20N2O7S. The fourth-order valence-corrected chi connectivity index (χ4v) is 3.19. The standard InChI is InChI=1S/C13H20N2O7S/c1-8-7-15(13(18)14-12(8)17)11-6-10(22-23(2,19)20)9(21-11)4-3-5-16/h7,9-11,16H,3-6H2,1-2H3,(H,14,17,18)/t9-,10?,11-/m1/s1/i16T. The lowest BCUT2D eigenvalue weighted by atomic mass is 10.1. The first kappa shape index (κ1) is 16.4. The number of aromatic amines is 1. The van der Waals surface area contributed by atoms with E-state index in [1.54, 1.807) is 6.92 Å². The van der Waals surface area contributed by atoms with Crippen LogP contribution in [-0.4, -0.2) is 49.6 Å². The van der Waals surface area contributed by atoms with Gasteiger partial charge in [-0.1, -0.05) is 0 Å². The second-order valence-electron chi connectivity index (χ2n) is 5.53. The van der Waals surface area contributed by atoms with Crippen LogP contribution in [0.2, 0.25) is 0 Å². The van der Waals surface area contributed by atoms with Gasteiger partial charge < -0.3 is 9.85 Å². The van der Waals surface area contributed by atoms with E-state index in [2.05, 4.69) is 10.1 Å². The molecule has 0 bridgehead atoms. The summed E-state index contributed by atoms with van der Waals surface area (Å²) >= 11 is 0. The van der Waals surface area contributed by atoms with Crippen molar-refractivity contribution in [2.45, 2.75) is 44.6 Å². The first-order chi connectivity index (χ1) is 11.2. The predicted molar refractivity (Wildman–Crippen MR) is 80.6 cm³/mol. The molecule has 9 nitrogen and oxygen atoms in total. The van der Waals surface area contributed by atoms with Crippen molar-refractivity contribution in [3.63, 3.8) is 0 Å². The van der Waals surface area contributed by atoms with Crippen molar-refractivity contribution in [1.82, 2.24) is 9.55 Å². The molecule has 10 heteroatoms. The Hall–Kier alpha value is -1.49. The number of nitrogens with zero attached hydrogens (tertiary/aromatic N) is 1. The molecule has 1 aromatic heterocycles. The molecule has 0 radical (unpaired) electrons. The van der Waals surface area contributed by atoms with Gasteiger partial charge in [-0.15, -0.1) is 0 Å². The highest BCUT2D eigenvalue weighted by atomic mass is 32.2. The summed E-state index contributed by atoms with van der Waals surface area (Å²) in [5.74, 6) is 0. The number of nitrogens with one attached hydrogen (secondary N) is 1. The van der Waals surface area contributed by atoms with E-state index in [4.69, 9.17) is 10.4 Å². The summed E-state index contributed by atoms with van der Waals surface area (Å²) in [4.78, 5) is 25.6. The van der Waals surface area contributed by atoms with Gasteiger partial charge in [-0.25, -0.2) is 4.79 Å². The zero-order chi connectivity index (χ0) is 17.9. The Bertz CT molecular complexity index is 788. The van der Waals surface area contributed by atoms with Crippen molar-refractivity contribution in [3.8, 4) is 0 Å². The third-order valence-electron chi connectivity index (χ3n) is 3.57. The quantitative estimate of drug-likeness (QED) is 0.489. The minimum atomic E-state index is -3.70. The monoisotopic (exact) mass is 350 g/mol. The fraction of sp³-hybridized carbons (Fsp3) is 0.692. The van der Waals surface area contributed by atoms with E-state index in [-0.39, 0.29) is 13.0 Å².